The highest BCUT2D eigenvalue weighted by molar-refractivity contribution is 14.1. The second-order valence-corrected chi connectivity index (χ2v) is 4.97. The Bertz CT molecular complexity index is 286. The first-order chi connectivity index (χ1) is 6.09. The number of benzene rings is 1. The van der Waals surface area contributed by atoms with Gasteiger partial charge in [0.1, 0.15) is 0 Å². The molecule has 0 saturated carbocycles. The van der Waals surface area contributed by atoms with Crippen LogP contribution in [0.1, 0.15) is 13.8 Å². The SMILES string of the molecule is CC(C)CNc1ccc(I)c(Cl)c1. The lowest BCUT2D eigenvalue weighted by Gasteiger charge is -2.09. The van der Waals surface area contributed by atoms with Crippen molar-refractivity contribution in [1.29, 1.82) is 0 Å². The van der Waals surface area contributed by atoms with Crippen molar-refractivity contribution in [2.24, 2.45) is 5.92 Å². The molecule has 0 spiro atoms. The van der Waals surface area contributed by atoms with Gasteiger partial charge in [0.15, 0.2) is 0 Å². The summed E-state index contributed by atoms with van der Waals surface area (Å²) in [5.74, 6) is 0.651. The third-order valence-electron chi connectivity index (χ3n) is 1.63. The summed E-state index contributed by atoms with van der Waals surface area (Å²) in [5.41, 5.74) is 1.10. The van der Waals surface area contributed by atoms with E-state index in [0.717, 1.165) is 20.8 Å². The Kier molecular flexibility index (Phi) is 4.32. The molecule has 1 rings (SSSR count). The average molecular weight is 310 g/mol. The molecule has 0 bridgehead atoms. The summed E-state index contributed by atoms with van der Waals surface area (Å²) in [6.07, 6.45) is 0. The van der Waals surface area contributed by atoms with Gasteiger partial charge in [0.2, 0.25) is 0 Å². The van der Waals surface area contributed by atoms with Gasteiger partial charge in [-0.25, -0.2) is 0 Å². The van der Waals surface area contributed by atoms with Crippen molar-refractivity contribution >= 4 is 39.9 Å². The summed E-state index contributed by atoms with van der Waals surface area (Å²) >= 11 is 8.20. The van der Waals surface area contributed by atoms with Crippen LogP contribution >= 0.6 is 34.2 Å². The summed E-state index contributed by atoms with van der Waals surface area (Å²) in [7, 11) is 0. The van der Waals surface area contributed by atoms with E-state index in [1.165, 1.54) is 0 Å². The van der Waals surface area contributed by atoms with Gasteiger partial charge in [0, 0.05) is 15.8 Å². The zero-order chi connectivity index (χ0) is 9.84. The highest BCUT2D eigenvalue weighted by Gasteiger charge is 1.99. The van der Waals surface area contributed by atoms with Crippen LogP contribution in [0.2, 0.25) is 5.02 Å². The fraction of sp³-hybridized carbons (Fsp3) is 0.400. The first-order valence-electron chi connectivity index (χ1n) is 4.28. The third-order valence-corrected chi connectivity index (χ3v) is 3.21. The van der Waals surface area contributed by atoms with Crippen LogP contribution in [0.4, 0.5) is 5.69 Å². The van der Waals surface area contributed by atoms with Crippen molar-refractivity contribution in [2.75, 3.05) is 11.9 Å². The lowest BCUT2D eigenvalue weighted by molar-refractivity contribution is 0.689. The van der Waals surface area contributed by atoms with Gasteiger partial charge in [-0.05, 0) is 46.7 Å². The molecule has 0 heterocycles. The molecule has 0 radical (unpaired) electrons. The molecule has 0 atom stereocenters. The van der Waals surface area contributed by atoms with E-state index in [-0.39, 0.29) is 0 Å². The topological polar surface area (TPSA) is 12.0 Å². The van der Waals surface area contributed by atoms with Crippen molar-refractivity contribution in [3.05, 3.63) is 26.8 Å². The van der Waals surface area contributed by atoms with Gasteiger partial charge in [-0.15, -0.1) is 0 Å². The minimum atomic E-state index is 0.651. The zero-order valence-corrected chi connectivity index (χ0v) is 10.7. The maximum Gasteiger partial charge on any atom is 0.0559 e. The fourth-order valence-electron chi connectivity index (χ4n) is 0.928. The Labute approximate surface area is 98.0 Å². The van der Waals surface area contributed by atoms with E-state index in [1.54, 1.807) is 0 Å². The molecule has 0 aromatic heterocycles. The summed E-state index contributed by atoms with van der Waals surface area (Å²) in [5, 5.41) is 4.14. The summed E-state index contributed by atoms with van der Waals surface area (Å²) in [6.45, 7) is 5.35. The molecule has 72 valence electrons. The highest BCUT2D eigenvalue weighted by atomic mass is 127. The average Bonchev–Trinajstić information content (AvgIpc) is 2.07. The molecule has 1 nitrogen and oxygen atoms in total. The lowest BCUT2D eigenvalue weighted by Crippen LogP contribution is -2.07. The van der Waals surface area contributed by atoms with Gasteiger partial charge < -0.3 is 5.32 Å². The molecule has 1 N–H and O–H groups in total. The van der Waals surface area contributed by atoms with E-state index in [0.29, 0.717) is 5.92 Å². The third kappa shape index (κ3) is 3.73. The molecule has 0 aliphatic rings. The molecule has 3 heteroatoms. The van der Waals surface area contributed by atoms with Crippen LogP contribution in [0.15, 0.2) is 18.2 Å². The Morgan fingerprint density at radius 1 is 1.46 bits per heavy atom. The Morgan fingerprint density at radius 3 is 2.69 bits per heavy atom. The molecule has 0 fully saturated rings. The van der Waals surface area contributed by atoms with E-state index in [9.17, 15) is 0 Å². The van der Waals surface area contributed by atoms with Crippen molar-refractivity contribution in [3.63, 3.8) is 0 Å². The summed E-state index contributed by atoms with van der Waals surface area (Å²) < 4.78 is 1.09. The van der Waals surface area contributed by atoms with Gasteiger partial charge in [0.05, 0.1) is 5.02 Å². The predicted octanol–water partition coefficient (Wildman–Crippen LogP) is 4.01. The number of hydrogen-bond acceptors (Lipinski definition) is 1. The largest absolute Gasteiger partial charge is 0.385 e. The second-order valence-electron chi connectivity index (χ2n) is 3.40. The van der Waals surface area contributed by atoms with E-state index in [4.69, 9.17) is 11.6 Å². The van der Waals surface area contributed by atoms with Crippen LogP contribution < -0.4 is 5.32 Å². The summed E-state index contributed by atoms with van der Waals surface area (Å²) in [4.78, 5) is 0. The fourth-order valence-corrected chi connectivity index (χ4v) is 1.44. The van der Waals surface area contributed by atoms with Crippen LogP contribution in [0.5, 0.6) is 0 Å². The molecule has 0 unspecified atom stereocenters. The van der Waals surface area contributed by atoms with Crippen LogP contribution in [-0.2, 0) is 0 Å². The number of anilines is 1. The van der Waals surface area contributed by atoms with Crippen molar-refractivity contribution in [3.8, 4) is 0 Å². The predicted molar refractivity (Wildman–Crippen MR) is 67.5 cm³/mol. The second kappa shape index (κ2) is 5.05. The van der Waals surface area contributed by atoms with Crippen LogP contribution in [0.25, 0.3) is 0 Å². The molecule has 0 saturated heterocycles. The van der Waals surface area contributed by atoms with Gasteiger partial charge in [-0.2, -0.15) is 0 Å². The number of nitrogens with one attached hydrogen (secondary N) is 1. The minimum absolute atomic E-state index is 0.651. The van der Waals surface area contributed by atoms with E-state index in [2.05, 4.69) is 47.8 Å². The van der Waals surface area contributed by atoms with Gasteiger partial charge in [-0.3, -0.25) is 0 Å². The van der Waals surface area contributed by atoms with E-state index >= 15 is 0 Å². The number of hydrogen-bond donors (Lipinski definition) is 1. The molecule has 13 heavy (non-hydrogen) atoms. The van der Waals surface area contributed by atoms with Gasteiger partial charge in [0.25, 0.3) is 0 Å². The Balaban J connectivity index is 2.63. The maximum atomic E-state index is 5.98. The molecular weight excluding hydrogens is 296 g/mol. The van der Waals surface area contributed by atoms with Crippen molar-refractivity contribution in [2.45, 2.75) is 13.8 Å². The summed E-state index contributed by atoms with van der Waals surface area (Å²) in [6, 6.07) is 6.04. The highest BCUT2D eigenvalue weighted by Crippen LogP contribution is 2.22. The molecule has 1 aromatic carbocycles. The van der Waals surface area contributed by atoms with E-state index < -0.39 is 0 Å². The molecular formula is C10H13ClIN. The molecule has 0 amide bonds. The zero-order valence-electron chi connectivity index (χ0n) is 7.77. The first kappa shape index (κ1) is 11.1. The van der Waals surface area contributed by atoms with Crippen molar-refractivity contribution in [1.82, 2.24) is 0 Å². The van der Waals surface area contributed by atoms with Crippen LogP contribution in [0, 0.1) is 9.49 Å². The lowest BCUT2D eigenvalue weighted by atomic mass is 10.2. The molecule has 0 aliphatic heterocycles. The Hall–Kier alpha value is 0.0400. The van der Waals surface area contributed by atoms with Crippen LogP contribution in [-0.4, -0.2) is 6.54 Å². The quantitative estimate of drug-likeness (QED) is 0.832. The van der Waals surface area contributed by atoms with Gasteiger partial charge >= 0.3 is 0 Å². The first-order valence-corrected chi connectivity index (χ1v) is 5.74. The normalized spacial score (nSPS) is 10.5. The van der Waals surface area contributed by atoms with Gasteiger partial charge in [-0.1, -0.05) is 25.4 Å². The molecule has 0 aliphatic carbocycles. The Morgan fingerprint density at radius 2 is 2.15 bits per heavy atom. The number of rotatable bonds is 3. The molecule has 1 aromatic rings. The number of halogens is 2. The van der Waals surface area contributed by atoms with E-state index in [1.807, 2.05) is 12.1 Å². The standard InChI is InChI=1S/C10H13ClIN/c1-7(2)6-13-8-3-4-10(12)9(11)5-8/h3-5,7,13H,6H2,1-2H3. The minimum Gasteiger partial charge on any atom is -0.385 e. The van der Waals surface area contributed by atoms with Crippen LogP contribution in [0.3, 0.4) is 0 Å². The van der Waals surface area contributed by atoms with Crippen molar-refractivity contribution < 1.29 is 0 Å². The maximum absolute atomic E-state index is 5.98. The monoisotopic (exact) mass is 309 g/mol. The smallest absolute Gasteiger partial charge is 0.0559 e.